The van der Waals surface area contributed by atoms with Crippen LogP contribution >= 0.6 is 11.6 Å². The first kappa shape index (κ1) is 15.6. The van der Waals surface area contributed by atoms with Crippen molar-refractivity contribution in [3.05, 3.63) is 58.6 Å². The number of hydrogen-bond donors (Lipinski definition) is 2. The average molecular weight is 334 g/mol. The average Bonchev–Trinajstić information content (AvgIpc) is 3.02. The van der Waals surface area contributed by atoms with Gasteiger partial charge in [-0.15, -0.1) is 0 Å². The van der Waals surface area contributed by atoms with Crippen molar-refractivity contribution in [2.24, 2.45) is 0 Å². The van der Waals surface area contributed by atoms with Gasteiger partial charge in [0.15, 0.2) is 11.5 Å². The van der Waals surface area contributed by atoms with Crippen molar-refractivity contribution in [2.45, 2.75) is 12.5 Å². The van der Waals surface area contributed by atoms with Crippen LogP contribution < -0.4 is 14.8 Å². The summed E-state index contributed by atoms with van der Waals surface area (Å²) < 4.78 is 10.5. The lowest BCUT2D eigenvalue weighted by atomic mass is 10.1. The number of hydrogen-bond acceptors (Lipinski definition) is 4. The van der Waals surface area contributed by atoms with Gasteiger partial charge in [0.2, 0.25) is 6.79 Å². The second kappa shape index (κ2) is 6.89. The van der Waals surface area contributed by atoms with Crippen molar-refractivity contribution in [1.29, 1.82) is 0 Å². The van der Waals surface area contributed by atoms with Gasteiger partial charge >= 0.3 is 0 Å². The van der Waals surface area contributed by atoms with Crippen LogP contribution in [0.2, 0.25) is 5.02 Å². The first-order valence-electron chi connectivity index (χ1n) is 7.25. The van der Waals surface area contributed by atoms with Crippen LogP contribution in [0.15, 0.2) is 42.5 Å². The van der Waals surface area contributed by atoms with Crippen LogP contribution in [0.5, 0.6) is 11.5 Å². The summed E-state index contributed by atoms with van der Waals surface area (Å²) in [6.07, 6.45) is -0.313. The second-order valence-electron chi connectivity index (χ2n) is 5.15. The molecule has 1 heterocycles. The van der Waals surface area contributed by atoms with Crippen molar-refractivity contribution in [1.82, 2.24) is 5.32 Å². The zero-order valence-corrected chi connectivity index (χ0v) is 13.0. The lowest BCUT2D eigenvalue weighted by molar-refractivity contribution is 0.0942. The van der Waals surface area contributed by atoms with Crippen LogP contribution in [-0.2, 0) is 0 Å². The number of carbonyl (C=O) groups is 1. The molecule has 0 unspecified atom stereocenters. The summed E-state index contributed by atoms with van der Waals surface area (Å²) in [7, 11) is 0. The number of nitrogens with one attached hydrogen (secondary N) is 1. The van der Waals surface area contributed by atoms with Crippen LogP contribution in [0, 0.1) is 0 Å². The molecule has 0 saturated carbocycles. The van der Waals surface area contributed by atoms with Gasteiger partial charge in [-0.3, -0.25) is 4.79 Å². The molecular weight excluding hydrogens is 318 g/mol. The van der Waals surface area contributed by atoms with Gasteiger partial charge in [-0.25, -0.2) is 0 Å². The Hall–Kier alpha value is -2.24. The minimum Gasteiger partial charge on any atom is -0.454 e. The molecule has 5 nitrogen and oxygen atoms in total. The van der Waals surface area contributed by atoms with Gasteiger partial charge in [0.05, 0.1) is 16.7 Å². The molecule has 3 rings (SSSR count). The highest BCUT2D eigenvalue weighted by molar-refractivity contribution is 6.33. The molecule has 0 bridgehead atoms. The van der Waals surface area contributed by atoms with E-state index >= 15 is 0 Å². The Labute approximate surface area is 138 Å². The molecule has 0 aromatic heterocycles. The van der Waals surface area contributed by atoms with E-state index in [4.69, 9.17) is 21.1 Å². The first-order valence-corrected chi connectivity index (χ1v) is 7.63. The molecule has 23 heavy (non-hydrogen) atoms. The van der Waals surface area contributed by atoms with Gasteiger partial charge in [0, 0.05) is 6.54 Å². The van der Waals surface area contributed by atoms with Crippen molar-refractivity contribution in [2.75, 3.05) is 13.3 Å². The molecule has 0 radical (unpaired) electrons. The Bertz CT molecular complexity index is 719. The molecular formula is C17H16ClNO4. The third kappa shape index (κ3) is 3.57. The number of aliphatic hydroxyl groups is 1. The second-order valence-corrected chi connectivity index (χ2v) is 5.56. The maximum absolute atomic E-state index is 12.0. The number of carbonyl (C=O) groups excluding carboxylic acids is 1. The summed E-state index contributed by atoms with van der Waals surface area (Å²) in [6.45, 7) is 0.530. The van der Waals surface area contributed by atoms with E-state index in [0.29, 0.717) is 35.1 Å². The normalized spacial score (nSPS) is 13.7. The van der Waals surface area contributed by atoms with Crippen molar-refractivity contribution < 1.29 is 19.4 Å². The highest BCUT2D eigenvalue weighted by Crippen LogP contribution is 2.34. The van der Waals surface area contributed by atoms with Gasteiger partial charge < -0.3 is 19.9 Å². The Balaban J connectivity index is 1.54. The molecule has 1 aliphatic rings. The molecule has 2 N–H and O–H groups in total. The monoisotopic (exact) mass is 333 g/mol. The van der Waals surface area contributed by atoms with Crippen LogP contribution in [0.3, 0.4) is 0 Å². The predicted octanol–water partition coefficient (Wildman–Crippen LogP) is 2.92. The molecule has 1 aliphatic heterocycles. The Morgan fingerprint density at radius 1 is 1.22 bits per heavy atom. The van der Waals surface area contributed by atoms with Crippen LogP contribution in [-0.4, -0.2) is 24.4 Å². The van der Waals surface area contributed by atoms with E-state index in [-0.39, 0.29) is 12.7 Å². The molecule has 2 aromatic carbocycles. The summed E-state index contributed by atoms with van der Waals surface area (Å²) in [5.41, 5.74) is 1.15. The minimum atomic E-state index is -0.698. The topological polar surface area (TPSA) is 67.8 Å². The van der Waals surface area contributed by atoms with Crippen molar-refractivity contribution in [3.8, 4) is 11.5 Å². The van der Waals surface area contributed by atoms with Gasteiger partial charge in [0.1, 0.15) is 0 Å². The number of amides is 1. The van der Waals surface area contributed by atoms with E-state index in [9.17, 15) is 9.90 Å². The van der Waals surface area contributed by atoms with Crippen LogP contribution in [0.4, 0.5) is 0 Å². The van der Waals surface area contributed by atoms with Gasteiger partial charge in [-0.2, -0.15) is 0 Å². The van der Waals surface area contributed by atoms with E-state index in [1.165, 1.54) is 0 Å². The van der Waals surface area contributed by atoms with E-state index in [2.05, 4.69) is 5.32 Å². The number of aliphatic hydroxyl groups excluding tert-OH is 1. The Morgan fingerprint density at radius 3 is 2.83 bits per heavy atom. The van der Waals surface area contributed by atoms with Gasteiger partial charge in [-0.05, 0) is 36.2 Å². The third-order valence-corrected chi connectivity index (χ3v) is 3.93. The van der Waals surface area contributed by atoms with E-state index in [1.807, 2.05) is 0 Å². The molecule has 1 amide bonds. The van der Waals surface area contributed by atoms with E-state index < -0.39 is 6.10 Å². The molecule has 6 heteroatoms. The molecule has 120 valence electrons. The summed E-state index contributed by atoms with van der Waals surface area (Å²) in [5, 5.41) is 13.4. The van der Waals surface area contributed by atoms with Crippen LogP contribution in [0.25, 0.3) is 0 Å². The zero-order chi connectivity index (χ0) is 16.2. The van der Waals surface area contributed by atoms with Gasteiger partial charge in [-0.1, -0.05) is 29.8 Å². The number of rotatable bonds is 5. The van der Waals surface area contributed by atoms with E-state index in [1.54, 1.807) is 42.5 Å². The zero-order valence-electron chi connectivity index (χ0n) is 12.3. The molecule has 0 aliphatic carbocycles. The fourth-order valence-electron chi connectivity index (χ4n) is 2.35. The van der Waals surface area contributed by atoms with Crippen molar-refractivity contribution >= 4 is 17.5 Å². The lowest BCUT2D eigenvalue weighted by Crippen LogP contribution is -2.25. The maximum atomic E-state index is 12.0. The Morgan fingerprint density at radius 2 is 2.00 bits per heavy atom. The third-order valence-electron chi connectivity index (χ3n) is 3.60. The molecule has 0 spiro atoms. The van der Waals surface area contributed by atoms with E-state index in [0.717, 1.165) is 5.56 Å². The van der Waals surface area contributed by atoms with Gasteiger partial charge in [0.25, 0.3) is 5.91 Å². The molecule has 1 atom stereocenters. The minimum absolute atomic E-state index is 0.197. The lowest BCUT2D eigenvalue weighted by Gasteiger charge is -2.12. The first-order chi connectivity index (χ1) is 11.1. The fraction of sp³-hybridized carbons (Fsp3) is 0.235. The molecule has 0 saturated heterocycles. The molecule has 2 aromatic rings. The number of ether oxygens (including phenoxy) is 2. The van der Waals surface area contributed by atoms with Crippen molar-refractivity contribution in [3.63, 3.8) is 0 Å². The number of halogens is 1. The summed E-state index contributed by atoms with van der Waals surface area (Å²) in [4.78, 5) is 12.0. The predicted molar refractivity (Wildman–Crippen MR) is 85.9 cm³/mol. The smallest absolute Gasteiger partial charge is 0.252 e. The summed E-state index contributed by atoms with van der Waals surface area (Å²) in [5.74, 6) is 1.04. The SMILES string of the molecule is O=C(NCC[C@H](O)c1ccc2c(c1)OCO2)c1ccccc1Cl. The highest BCUT2D eigenvalue weighted by atomic mass is 35.5. The largest absolute Gasteiger partial charge is 0.454 e. The fourth-order valence-corrected chi connectivity index (χ4v) is 2.57. The Kier molecular flexibility index (Phi) is 4.69. The molecule has 0 fully saturated rings. The quantitative estimate of drug-likeness (QED) is 0.882. The summed E-state index contributed by atoms with van der Waals surface area (Å²) >= 11 is 5.97. The number of fused-ring (bicyclic) bond motifs is 1. The maximum Gasteiger partial charge on any atom is 0.252 e. The summed E-state index contributed by atoms with van der Waals surface area (Å²) in [6, 6.07) is 12.1. The highest BCUT2D eigenvalue weighted by Gasteiger charge is 2.17. The standard InChI is InChI=1S/C17H16ClNO4/c18-13-4-2-1-3-12(13)17(21)19-8-7-14(20)11-5-6-15-16(9-11)23-10-22-15/h1-6,9,14,20H,7-8,10H2,(H,19,21)/t14-/m0/s1. The van der Waals surface area contributed by atoms with Crippen LogP contribution in [0.1, 0.15) is 28.4 Å². The number of benzene rings is 2.